The molecule has 0 aliphatic rings. The Hall–Kier alpha value is -1.50. The molecule has 1 heterocycles. The molecule has 0 aliphatic carbocycles. The summed E-state index contributed by atoms with van der Waals surface area (Å²) >= 11 is 5.74. The highest BCUT2D eigenvalue weighted by Crippen LogP contribution is 2.19. The first-order valence-electron chi connectivity index (χ1n) is 5.58. The van der Waals surface area contributed by atoms with Gasteiger partial charge in [0.05, 0.1) is 10.6 Å². The van der Waals surface area contributed by atoms with Gasteiger partial charge >= 0.3 is 6.18 Å². The number of carbonyl (C=O) groups excluding carboxylic acids is 1. The Balaban J connectivity index is 2.77. The van der Waals surface area contributed by atoms with Gasteiger partial charge in [0.15, 0.2) is 0 Å². The highest BCUT2D eigenvalue weighted by Gasteiger charge is 2.28. The molecule has 4 nitrogen and oxygen atoms in total. The lowest BCUT2D eigenvalue weighted by Crippen LogP contribution is -2.33. The minimum atomic E-state index is -4.46. The van der Waals surface area contributed by atoms with Crippen molar-refractivity contribution in [3.05, 3.63) is 22.8 Å². The Kier molecular flexibility index (Phi) is 5.41. The molecule has 19 heavy (non-hydrogen) atoms. The fourth-order valence-corrected chi connectivity index (χ4v) is 1.43. The zero-order valence-electron chi connectivity index (χ0n) is 10.1. The Bertz CT molecular complexity index is 451. The number of rotatable bonds is 5. The second-order valence-electron chi connectivity index (χ2n) is 3.77. The number of hydrogen-bond donors (Lipinski definition) is 2. The van der Waals surface area contributed by atoms with Crippen LogP contribution in [0.3, 0.4) is 0 Å². The highest BCUT2D eigenvalue weighted by molar-refractivity contribution is 6.33. The van der Waals surface area contributed by atoms with E-state index in [4.69, 9.17) is 11.6 Å². The van der Waals surface area contributed by atoms with Gasteiger partial charge in [0, 0.05) is 12.7 Å². The molecule has 0 atom stereocenters. The second kappa shape index (κ2) is 6.60. The van der Waals surface area contributed by atoms with Crippen molar-refractivity contribution in [1.29, 1.82) is 0 Å². The van der Waals surface area contributed by atoms with E-state index in [1.807, 2.05) is 6.92 Å². The van der Waals surface area contributed by atoms with E-state index in [1.54, 1.807) is 5.32 Å². The van der Waals surface area contributed by atoms with E-state index in [1.165, 1.54) is 12.3 Å². The van der Waals surface area contributed by atoms with Crippen LogP contribution < -0.4 is 10.6 Å². The zero-order chi connectivity index (χ0) is 14.5. The van der Waals surface area contributed by atoms with Crippen LogP contribution in [0.4, 0.5) is 19.0 Å². The molecule has 0 unspecified atom stereocenters. The Morgan fingerprint density at radius 3 is 2.74 bits per heavy atom. The highest BCUT2D eigenvalue weighted by atomic mass is 35.5. The molecule has 0 aliphatic heterocycles. The Morgan fingerprint density at radius 1 is 1.47 bits per heavy atom. The molecule has 0 aromatic carbocycles. The van der Waals surface area contributed by atoms with Crippen LogP contribution in [0.5, 0.6) is 0 Å². The second-order valence-corrected chi connectivity index (χ2v) is 4.18. The molecule has 0 radical (unpaired) electrons. The van der Waals surface area contributed by atoms with Crippen molar-refractivity contribution in [2.45, 2.75) is 19.5 Å². The summed E-state index contributed by atoms with van der Waals surface area (Å²) in [5.74, 6) is -0.493. The van der Waals surface area contributed by atoms with Gasteiger partial charge in [0.2, 0.25) is 0 Å². The van der Waals surface area contributed by atoms with Gasteiger partial charge in [-0.25, -0.2) is 4.98 Å². The van der Waals surface area contributed by atoms with E-state index in [-0.39, 0.29) is 10.6 Å². The van der Waals surface area contributed by atoms with Gasteiger partial charge in [-0.15, -0.1) is 0 Å². The quantitative estimate of drug-likeness (QED) is 0.878. The van der Waals surface area contributed by atoms with E-state index in [9.17, 15) is 18.0 Å². The summed E-state index contributed by atoms with van der Waals surface area (Å²) in [4.78, 5) is 15.5. The van der Waals surface area contributed by atoms with Crippen LogP contribution in [-0.2, 0) is 0 Å². The first-order valence-corrected chi connectivity index (χ1v) is 5.95. The number of pyridine rings is 1. The molecule has 106 valence electrons. The van der Waals surface area contributed by atoms with Crippen molar-refractivity contribution in [3.63, 3.8) is 0 Å². The monoisotopic (exact) mass is 295 g/mol. The summed E-state index contributed by atoms with van der Waals surface area (Å²) in [7, 11) is 0. The first-order chi connectivity index (χ1) is 8.83. The standard InChI is InChI=1S/C11H13ClF3N3O/c1-2-3-16-9-4-7(8(12)5-17-9)10(19)18-6-11(13,14)15/h4-5H,2-3,6H2,1H3,(H,16,17)(H,18,19). The summed E-state index contributed by atoms with van der Waals surface area (Å²) in [6, 6.07) is 1.32. The number of anilines is 1. The van der Waals surface area contributed by atoms with Gasteiger partial charge in [-0.3, -0.25) is 4.79 Å². The number of alkyl halides is 3. The number of halogens is 4. The van der Waals surface area contributed by atoms with Crippen molar-refractivity contribution in [2.24, 2.45) is 0 Å². The molecule has 0 fully saturated rings. The van der Waals surface area contributed by atoms with Crippen molar-refractivity contribution in [2.75, 3.05) is 18.4 Å². The molecule has 0 saturated heterocycles. The minimum Gasteiger partial charge on any atom is -0.370 e. The van der Waals surface area contributed by atoms with Gasteiger partial charge in [-0.05, 0) is 12.5 Å². The molecule has 1 rings (SSSR count). The number of nitrogens with one attached hydrogen (secondary N) is 2. The summed E-state index contributed by atoms with van der Waals surface area (Å²) < 4.78 is 36.0. The fraction of sp³-hybridized carbons (Fsp3) is 0.455. The predicted molar refractivity (Wildman–Crippen MR) is 66.4 cm³/mol. The predicted octanol–water partition coefficient (Wildman–Crippen LogP) is 2.85. The molecule has 1 aromatic rings. The van der Waals surface area contributed by atoms with E-state index in [0.29, 0.717) is 12.4 Å². The number of hydrogen-bond acceptors (Lipinski definition) is 3. The van der Waals surface area contributed by atoms with Gasteiger partial charge in [-0.1, -0.05) is 18.5 Å². The van der Waals surface area contributed by atoms with Gasteiger partial charge < -0.3 is 10.6 Å². The molecule has 8 heteroatoms. The number of aromatic nitrogens is 1. The van der Waals surface area contributed by atoms with Crippen molar-refractivity contribution < 1.29 is 18.0 Å². The van der Waals surface area contributed by atoms with Gasteiger partial charge in [0.1, 0.15) is 12.4 Å². The Labute approximate surface area is 113 Å². The minimum absolute atomic E-state index is 0.00160. The molecule has 2 N–H and O–H groups in total. The van der Waals surface area contributed by atoms with Gasteiger partial charge in [0.25, 0.3) is 5.91 Å². The van der Waals surface area contributed by atoms with E-state index >= 15 is 0 Å². The molecular formula is C11H13ClF3N3O. The third-order valence-electron chi connectivity index (χ3n) is 2.11. The summed E-state index contributed by atoms with van der Waals surface area (Å²) in [6.45, 7) is 1.18. The van der Waals surface area contributed by atoms with Crippen LogP contribution in [0.25, 0.3) is 0 Å². The third-order valence-corrected chi connectivity index (χ3v) is 2.41. The normalized spacial score (nSPS) is 11.2. The molecule has 0 spiro atoms. The molecule has 0 saturated carbocycles. The van der Waals surface area contributed by atoms with Crippen LogP contribution in [0.2, 0.25) is 5.02 Å². The topological polar surface area (TPSA) is 54.0 Å². The van der Waals surface area contributed by atoms with Gasteiger partial charge in [-0.2, -0.15) is 13.2 Å². The van der Waals surface area contributed by atoms with Crippen LogP contribution >= 0.6 is 11.6 Å². The van der Waals surface area contributed by atoms with Crippen molar-refractivity contribution in [1.82, 2.24) is 10.3 Å². The fourth-order valence-electron chi connectivity index (χ4n) is 1.24. The van der Waals surface area contributed by atoms with Crippen LogP contribution in [0, 0.1) is 0 Å². The lowest BCUT2D eigenvalue weighted by Gasteiger charge is -2.10. The van der Waals surface area contributed by atoms with E-state index in [2.05, 4.69) is 10.3 Å². The molecule has 1 amide bonds. The first kappa shape index (κ1) is 15.6. The molecule has 1 aromatic heterocycles. The summed E-state index contributed by atoms with van der Waals surface area (Å²) in [5, 5.41) is 4.68. The molecular weight excluding hydrogens is 283 g/mol. The number of amides is 1. The van der Waals surface area contributed by atoms with Crippen LogP contribution in [-0.4, -0.2) is 30.2 Å². The Morgan fingerprint density at radius 2 is 2.16 bits per heavy atom. The van der Waals surface area contributed by atoms with Crippen molar-refractivity contribution in [3.8, 4) is 0 Å². The van der Waals surface area contributed by atoms with Crippen molar-refractivity contribution >= 4 is 23.3 Å². The maximum atomic E-state index is 12.0. The largest absolute Gasteiger partial charge is 0.405 e. The summed E-state index contributed by atoms with van der Waals surface area (Å²) in [6.07, 6.45) is -2.39. The average molecular weight is 296 g/mol. The smallest absolute Gasteiger partial charge is 0.370 e. The average Bonchev–Trinajstić information content (AvgIpc) is 2.34. The maximum Gasteiger partial charge on any atom is 0.405 e. The maximum absolute atomic E-state index is 12.0. The lowest BCUT2D eigenvalue weighted by molar-refractivity contribution is -0.123. The zero-order valence-corrected chi connectivity index (χ0v) is 10.9. The third kappa shape index (κ3) is 5.34. The van der Waals surface area contributed by atoms with E-state index < -0.39 is 18.6 Å². The SMILES string of the molecule is CCCNc1cc(C(=O)NCC(F)(F)F)c(Cl)cn1. The van der Waals surface area contributed by atoms with Crippen LogP contribution in [0.15, 0.2) is 12.3 Å². The number of carbonyl (C=O) groups is 1. The summed E-state index contributed by atoms with van der Waals surface area (Å²) in [5.41, 5.74) is -0.0421. The number of nitrogens with zero attached hydrogens (tertiary/aromatic N) is 1. The van der Waals surface area contributed by atoms with Crippen LogP contribution in [0.1, 0.15) is 23.7 Å². The van der Waals surface area contributed by atoms with E-state index in [0.717, 1.165) is 6.42 Å². The lowest BCUT2D eigenvalue weighted by atomic mass is 10.2. The molecule has 0 bridgehead atoms.